The van der Waals surface area contributed by atoms with Gasteiger partial charge in [-0.1, -0.05) is 6.92 Å². The summed E-state index contributed by atoms with van der Waals surface area (Å²) in [6.07, 6.45) is 1.92. The number of aromatic nitrogens is 2. The Morgan fingerprint density at radius 2 is 1.85 bits per heavy atom. The van der Waals surface area contributed by atoms with E-state index in [1.165, 1.54) is 5.69 Å². The highest BCUT2D eigenvalue weighted by Crippen LogP contribution is 2.04. The SMILES string of the molecule is CCNCc1cnc(C)n1CCOCCOCCOC. The summed E-state index contributed by atoms with van der Waals surface area (Å²) in [6.45, 7) is 9.88. The Hall–Kier alpha value is -0.950. The number of hydrogen-bond acceptors (Lipinski definition) is 5. The number of nitrogens with zero attached hydrogens (tertiary/aromatic N) is 2. The Morgan fingerprint density at radius 1 is 1.15 bits per heavy atom. The van der Waals surface area contributed by atoms with Crippen LogP contribution in [0.25, 0.3) is 0 Å². The highest BCUT2D eigenvalue weighted by Gasteiger charge is 2.05. The Bertz CT molecular complexity index is 355. The molecule has 1 aromatic rings. The van der Waals surface area contributed by atoms with Crippen molar-refractivity contribution in [3.63, 3.8) is 0 Å². The van der Waals surface area contributed by atoms with Crippen molar-refractivity contribution in [3.8, 4) is 0 Å². The normalized spacial score (nSPS) is 11.2. The van der Waals surface area contributed by atoms with Crippen molar-refractivity contribution in [1.82, 2.24) is 14.9 Å². The molecule has 1 rings (SSSR count). The predicted octanol–water partition coefficient (Wildman–Crippen LogP) is 0.981. The van der Waals surface area contributed by atoms with Gasteiger partial charge < -0.3 is 24.1 Å². The van der Waals surface area contributed by atoms with E-state index in [2.05, 4.69) is 21.8 Å². The molecule has 1 heterocycles. The molecular weight excluding hydrogens is 258 g/mol. The van der Waals surface area contributed by atoms with Gasteiger partial charge in [0, 0.05) is 26.4 Å². The van der Waals surface area contributed by atoms with Crippen molar-refractivity contribution in [2.45, 2.75) is 26.9 Å². The van der Waals surface area contributed by atoms with Crippen molar-refractivity contribution in [2.75, 3.05) is 46.7 Å². The zero-order valence-electron chi connectivity index (χ0n) is 12.9. The minimum Gasteiger partial charge on any atom is -0.382 e. The van der Waals surface area contributed by atoms with Crippen LogP contribution in [0.4, 0.5) is 0 Å². The minimum absolute atomic E-state index is 0.608. The van der Waals surface area contributed by atoms with Gasteiger partial charge in [-0.05, 0) is 13.5 Å². The van der Waals surface area contributed by atoms with E-state index in [1.807, 2.05) is 13.1 Å². The third kappa shape index (κ3) is 6.47. The summed E-state index contributed by atoms with van der Waals surface area (Å²) in [7, 11) is 1.66. The van der Waals surface area contributed by atoms with Gasteiger partial charge in [-0.3, -0.25) is 0 Å². The second kappa shape index (κ2) is 10.8. The molecule has 0 aliphatic rings. The third-order valence-electron chi connectivity index (χ3n) is 2.96. The Kier molecular flexibility index (Phi) is 9.23. The van der Waals surface area contributed by atoms with Crippen LogP contribution in [-0.4, -0.2) is 56.2 Å². The molecule has 1 aromatic heterocycles. The van der Waals surface area contributed by atoms with E-state index in [9.17, 15) is 0 Å². The maximum atomic E-state index is 5.57. The first-order valence-corrected chi connectivity index (χ1v) is 7.15. The quantitative estimate of drug-likeness (QED) is 0.580. The zero-order chi connectivity index (χ0) is 14.6. The summed E-state index contributed by atoms with van der Waals surface area (Å²) in [4.78, 5) is 4.35. The first-order chi connectivity index (χ1) is 9.79. The van der Waals surface area contributed by atoms with Gasteiger partial charge in [-0.25, -0.2) is 4.98 Å². The van der Waals surface area contributed by atoms with Crippen LogP contribution in [0.3, 0.4) is 0 Å². The Balaban J connectivity index is 2.16. The number of imidazole rings is 1. The number of aryl methyl sites for hydroxylation is 1. The minimum atomic E-state index is 0.608. The maximum absolute atomic E-state index is 5.57. The third-order valence-corrected chi connectivity index (χ3v) is 2.96. The number of ether oxygens (including phenoxy) is 3. The molecule has 1 N–H and O–H groups in total. The lowest BCUT2D eigenvalue weighted by molar-refractivity contribution is 0.0228. The molecule has 0 aromatic carbocycles. The summed E-state index contributed by atoms with van der Waals surface area (Å²) >= 11 is 0. The van der Waals surface area contributed by atoms with Crippen LogP contribution in [-0.2, 0) is 27.3 Å². The van der Waals surface area contributed by atoms with Gasteiger partial charge in [0.25, 0.3) is 0 Å². The fraction of sp³-hybridized carbons (Fsp3) is 0.786. The van der Waals surface area contributed by atoms with Crippen LogP contribution in [0.15, 0.2) is 6.20 Å². The Morgan fingerprint density at radius 3 is 2.55 bits per heavy atom. The van der Waals surface area contributed by atoms with E-state index in [-0.39, 0.29) is 0 Å². The van der Waals surface area contributed by atoms with Gasteiger partial charge >= 0.3 is 0 Å². The van der Waals surface area contributed by atoms with Crippen LogP contribution in [0, 0.1) is 6.92 Å². The van der Waals surface area contributed by atoms with Crippen molar-refractivity contribution in [2.24, 2.45) is 0 Å². The van der Waals surface area contributed by atoms with E-state index in [0.29, 0.717) is 33.0 Å². The molecule has 0 aliphatic heterocycles. The molecular formula is C14H27N3O3. The van der Waals surface area contributed by atoms with Gasteiger partial charge in [0.15, 0.2) is 0 Å². The number of hydrogen-bond donors (Lipinski definition) is 1. The highest BCUT2D eigenvalue weighted by atomic mass is 16.5. The number of methoxy groups -OCH3 is 1. The summed E-state index contributed by atoms with van der Waals surface area (Å²) in [5.74, 6) is 1.03. The van der Waals surface area contributed by atoms with Gasteiger partial charge in [0.05, 0.1) is 38.7 Å². The topological polar surface area (TPSA) is 57.5 Å². The standard InChI is InChI=1S/C14H27N3O3/c1-4-15-11-14-12-16-13(2)17(14)5-6-19-9-10-20-8-7-18-3/h12,15H,4-11H2,1-3H3. The summed E-state index contributed by atoms with van der Waals surface area (Å²) in [5.41, 5.74) is 1.20. The van der Waals surface area contributed by atoms with Gasteiger partial charge in [-0.15, -0.1) is 0 Å². The second-order valence-corrected chi connectivity index (χ2v) is 4.45. The zero-order valence-corrected chi connectivity index (χ0v) is 12.9. The van der Waals surface area contributed by atoms with Crippen LogP contribution in [0.5, 0.6) is 0 Å². The molecule has 6 heteroatoms. The largest absolute Gasteiger partial charge is 0.382 e. The van der Waals surface area contributed by atoms with E-state index >= 15 is 0 Å². The van der Waals surface area contributed by atoms with Crippen LogP contribution in [0.1, 0.15) is 18.4 Å². The molecule has 0 spiro atoms. The molecule has 0 bridgehead atoms. The van der Waals surface area contributed by atoms with E-state index < -0.39 is 0 Å². The molecule has 0 atom stereocenters. The smallest absolute Gasteiger partial charge is 0.105 e. The van der Waals surface area contributed by atoms with Crippen molar-refractivity contribution < 1.29 is 14.2 Å². The lowest BCUT2D eigenvalue weighted by atomic mass is 10.4. The summed E-state index contributed by atoms with van der Waals surface area (Å²) < 4.78 is 18.0. The highest BCUT2D eigenvalue weighted by molar-refractivity contribution is 5.04. The fourth-order valence-corrected chi connectivity index (χ4v) is 1.83. The lowest BCUT2D eigenvalue weighted by Crippen LogP contribution is -2.18. The van der Waals surface area contributed by atoms with E-state index in [0.717, 1.165) is 25.5 Å². The van der Waals surface area contributed by atoms with Gasteiger partial charge in [0.1, 0.15) is 5.82 Å². The molecule has 0 fully saturated rings. The molecule has 0 unspecified atom stereocenters. The van der Waals surface area contributed by atoms with Crippen molar-refractivity contribution in [3.05, 3.63) is 17.7 Å². The maximum Gasteiger partial charge on any atom is 0.105 e. The molecule has 0 amide bonds. The molecule has 116 valence electrons. The Labute approximate surface area is 121 Å². The average molecular weight is 285 g/mol. The summed E-state index contributed by atoms with van der Waals surface area (Å²) in [5, 5.41) is 3.32. The number of rotatable bonds is 12. The molecule has 20 heavy (non-hydrogen) atoms. The molecule has 0 saturated heterocycles. The monoisotopic (exact) mass is 285 g/mol. The van der Waals surface area contributed by atoms with Gasteiger partial charge in [0.2, 0.25) is 0 Å². The molecule has 0 aliphatic carbocycles. The summed E-state index contributed by atoms with van der Waals surface area (Å²) in [6, 6.07) is 0. The van der Waals surface area contributed by atoms with Crippen LogP contribution >= 0.6 is 0 Å². The fourth-order valence-electron chi connectivity index (χ4n) is 1.83. The average Bonchev–Trinajstić information content (AvgIpc) is 2.80. The van der Waals surface area contributed by atoms with Gasteiger partial charge in [-0.2, -0.15) is 0 Å². The van der Waals surface area contributed by atoms with Crippen LogP contribution in [0.2, 0.25) is 0 Å². The predicted molar refractivity (Wildman–Crippen MR) is 77.9 cm³/mol. The molecule has 0 radical (unpaired) electrons. The molecule has 0 saturated carbocycles. The van der Waals surface area contributed by atoms with Crippen molar-refractivity contribution in [1.29, 1.82) is 0 Å². The first kappa shape index (κ1) is 17.1. The van der Waals surface area contributed by atoms with Crippen LogP contribution < -0.4 is 5.32 Å². The second-order valence-electron chi connectivity index (χ2n) is 4.45. The first-order valence-electron chi connectivity index (χ1n) is 7.15. The van der Waals surface area contributed by atoms with Crippen molar-refractivity contribution >= 4 is 0 Å². The van der Waals surface area contributed by atoms with E-state index in [1.54, 1.807) is 7.11 Å². The number of nitrogens with one attached hydrogen (secondary N) is 1. The van der Waals surface area contributed by atoms with E-state index in [4.69, 9.17) is 14.2 Å². The molecule has 6 nitrogen and oxygen atoms in total. The lowest BCUT2D eigenvalue weighted by Gasteiger charge is -2.11.